The summed E-state index contributed by atoms with van der Waals surface area (Å²) in [6.07, 6.45) is 1.79. The van der Waals surface area contributed by atoms with Crippen molar-refractivity contribution in [1.82, 2.24) is 14.5 Å². The van der Waals surface area contributed by atoms with E-state index in [-0.39, 0.29) is 0 Å². The summed E-state index contributed by atoms with van der Waals surface area (Å²) in [6, 6.07) is 14.2. The van der Waals surface area contributed by atoms with Gasteiger partial charge in [-0.25, -0.2) is 9.97 Å². The highest BCUT2D eigenvalue weighted by Gasteiger charge is 2.11. The molecule has 5 heteroatoms. The Bertz CT molecular complexity index is 1190. The number of hydrogen-bond donors (Lipinski definition) is 1. The fraction of sp³-hybridized carbons (Fsp3) is 0.217. The normalized spacial score (nSPS) is 10.9. The Labute approximate surface area is 164 Å². The molecule has 0 aliphatic heterocycles. The van der Waals surface area contributed by atoms with Gasteiger partial charge in [-0.3, -0.25) is 0 Å². The second-order valence-corrected chi connectivity index (χ2v) is 6.77. The van der Waals surface area contributed by atoms with Crippen molar-refractivity contribution >= 4 is 27.8 Å². The molecule has 0 saturated heterocycles. The van der Waals surface area contributed by atoms with Gasteiger partial charge >= 0.3 is 0 Å². The van der Waals surface area contributed by atoms with E-state index in [0.717, 1.165) is 27.5 Å². The average molecular weight is 370 g/mol. The molecule has 2 N–H and O–H groups in total. The van der Waals surface area contributed by atoms with Crippen LogP contribution in [0.2, 0.25) is 0 Å². The Morgan fingerprint density at radius 2 is 1.86 bits per heavy atom. The fourth-order valence-corrected chi connectivity index (χ4v) is 3.40. The van der Waals surface area contributed by atoms with Crippen LogP contribution in [-0.4, -0.2) is 27.7 Å². The SMILES string of the molecule is Cc1cccc(C)c1C#CCOCCn1cnc2c(N)nc3ccccc3c21. The van der Waals surface area contributed by atoms with Crippen molar-refractivity contribution in [3.05, 3.63) is 65.5 Å². The first-order valence-corrected chi connectivity index (χ1v) is 9.27. The summed E-state index contributed by atoms with van der Waals surface area (Å²) in [6.45, 7) is 5.77. The monoisotopic (exact) mass is 370 g/mol. The summed E-state index contributed by atoms with van der Waals surface area (Å²) in [4.78, 5) is 8.87. The number of aromatic nitrogens is 3. The molecule has 0 radical (unpaired) electrons. The van der Waals surface area contributed by atoms with Crippen LogP contribution in [0.15, 0.2) is 48.8 Å². The lowest BCUT2D eigenvalue weighted by molar-refractivity contribution is 0.158. The van der Waals surface area contributed by atoms with Crippen molar-refractivity contribution in [2.75, 3.05) is 18.9 Å². The van der Waals surface area contributed by atoms with E-state index in [2.05, 4.69) is 52.4 Å². The van der Waals surface area contributed by atoms with Crippen LogP contribution in [0.25, 0.3) is 21.9 Å². The van der Waals surface area contributed by atoms with Gasteiger partial charge in [-0.05, 0) is 31.0 Å². The van der Waals surface area contributed by atoms with E-state index in [1.165, 1.54) is 11.1 Å². The second-order valence-electron chi connectivity index (χ2n) is 6.77. The highest BCUT2D eigenvalue weighted by Crippen LogP contribution is 2.26. The number of pyridine rings is 1. The molecule has 0 fully saturated rings. The lowest BCUT2D eigenvalue weighted by Crippen LogP contribution is -2.06. The largest absolute Gasteiger partial charge is 0.382 e. The first-order valence-electron chi connectivity index (χ1n) is 9.27. The van der Waals surface area contributed by atoms with E-state index >= 15 is 0 Å². The number of hydrogen-bond acceptors (Lipinski definition) is 4. The molecule has 0 aliphatic rings. The van der Waals surface area contributed by atoms with Gasteiger partial charge in [0.2, 0.25) is 0 Å². The molecule has 28 heavy (non-hydrogen) atoms. The van der Waals surface area contributed by atoms with Gasteiger partial charge in [-0.2, -0.15) is 0 Å². The lowest BCUT2D eigenvalue weighted by atomic mass is 10.0. The van der Waals surface area contributed by atoms with E-state index in [1.54, 1.807) is 6.33 Å². The van der Waals surface area contributed by atoms with Gasteiger partial charge < -0.3 is 15.0 Å². The van der Waals surface area contributed by atoms with Crippen LogP contribution in [-0.2, 0) is 11.3 Å². The fourth-order valence-electron chi connectivity index (χ4n) is 3.40. The van der Waals surface area contributed by atoms with Crippen LogP contribution in [0, 0.1) is 25.7 Å². The number of ether oxygens (including phenoxy) is 1. The first kappa shape index (κ1) is 18.0. The first-order chi connectivity index (χ1) is 13.6. The van der Waals surface area contributed by atoms with Crippen molar-refractivity contribution in [1.29, 1.82) is 0 Å². The maximum absolute atomic E-state index is 6.07. The van der Waals surface area contributed by atoms with Crippen molar-refractivity contribution in [3.63, 3.8) is 0 Å². The van der Waals surface area contributed by atoms with E-state index in [4.69, 9.17) is 10.5 Å². The molecule has 5 nitrogen and oxygen atoms in total. The summed E-state index contributed by atoms with van der Waals surface area (Å²) in [5.74, 6) is 6.78. The standard InChI is InChI=1S/C23H22N4O/c1-16-7-5-8-17(2)18(16)10-6-13-28-14-12-27-15-25-21-22(27)19-9-3-4-11-20(19)26-23(21)24/h3-5,7-9,11,15H,12-14H2,1-2H3,(H2,24,26). The number of anilines is 1. The third-order valence-corrected chi connectivity index (χ3v) is 4.83. The Morgan fingerprint density at radius 3 is 2.68 bits per heavy atom. The van der Waals surface area contributed by atoms with Crippen LogP contribution in [0.1, 0.15) is 16.7 Å². The molecule has 0 unspecified atom stereocenters. The minimum absolute atomic E-state index is 0.394. The highest BCUT2D eigenvalue weighted by molar-refractivity contribution is 6.06. The maximum atomic E-state index is 6.07. The van der Waals surface area contributed by atoms with Crippen molar-refractivity contribution in [2.24, 2.45) is 0 Å². The zero-order chi connectivity index (χ0) is 19.5. The number of nitrogens with two attached hydrogens (primary N) is 1. The average Bonchev–Trinajstić information content (AvgIpc) is 3.11. The number of imidazole rings is 1. The summed E-state index contributed by atoms with van der Waals surface area (Å²) in [5.41, 5.74) is 12.1. The Hall–Kier alpha value is -3.36. The number of nitrogen functional groups attached to an aromatic ring is 1. The van der Waals surface area contributed by atoms with Crippen LogP contribution >= 0.6 is 0 Å². The summed E-state index contributed by atoms with van der Waals surface area (Å²) in [7, 11) is 0. The topological polar surface area (TPSA) is 66.0 Å². The van der Waals surface area contributed by atoms with Crippen LogP contribution in [0.5, 0.6) is 0 Å². The van der Waals surface area contributed by atoms with E-state index < -0.39 is 0 Å². The van der Waals surface area contributed by atoms with Gasteiger partial charge in [-0.1, -0.05) is 48.2 Å². The summed E-state index contributed by atoms with van der Waals surface area (Å²) < 4.78 is 7.79. The molecule has 0 aliphatic carbocycles. The number of benzene rings is 2. The third kappa shape index (κ3) is 3.42. The zero-order valence-electron chi connectivity index (χ0n) is 16.1. The van der Waals surface area contributed by atoms with Crippen molar-refractivity contribution in [2.45, 2.75) is 20.4 Å². The highest BCUT2D eigenvalue weighted by atomic mass is 16.5. The number of nitrogens with zero attached hydrogens (tertiary/aromatic N) is 3. The molecular formula is C23H22N4O. The third-order valence-electron chi connectivity index (χ3n) is 4.83. The minimum atomic E-state index is 0.394. The van der Waals surface area contributed by atoms with E-state index in [9.17, 15) is 0 Å². The Balaban J connectivity index is 1.45. The quantitative estimate of drug-likeness (QED) is 0.438. The van der Waals surface area contributed by atoms with E-state index in [0.29, 0.717) is 25.6 Å². The number of aryl methyl sites for hydroxylation is 2. The van der Waals surface area contributed by atoms with Crippen LogP contribution in [0.4, 0.5) is 5.82 Å². The summed E-state index contributed by atoms with van der Waals surface area (Å²) in [5, 5.41) is 1.04. The second kappa shape index (κ2) is 7.71. The predicted molar refractivity (Wildman–Crippen MR) is 113 cm³/mol. The minimum Gasteiger partial charge on any atom is -0.382 e. The number of rotatable bonds is 4. The molecule has 0 saturated carbocycles. The predicted octanol–water partition coefficient (Wildman–Crippen LogP) is 3.85. The maximum Gasteiger partial charge on any atom is 0.152 e. The van der Waals surface area contributed by atoms with E-state index in [1.807, 2.05) is 30.3 Å². The van der Waals surface area contributed by atoms with Crippen molar-refractivity contribution < 1.29 is 4.74 Å². The van der Waals surface area contributed by atoms with Crippen molar-refractivity contribution in [3.8, 4) is 11.8 Å². The number of para-hydroxylation sites is 1. The molecule has 2 aromatic carbocycles. The molecule has 4 rings (SSSR count). The molecule has 0 atom stereocenters. The van der Waals surface area contributed by atoms with Gasteiger partial charge in [0.05, 0.1) is 24.0 Å². The molecule has 0 spiro atoms. The van der Waals surface area contributed by atoms with Gasteiger partial charge in [0.15, 0.2) is 5.82 Å². The van der Waals surface area contributed by atoms with Gasteiger partial charge in [0.1, 0.15) is 12.1 Å². The summed E-state index contributed by atoms with van der Waals surface area (Å²) >= 11 is 0. The number of fused-ring (bicyclic) bond motifs is 3. The lowest BCUT2D eigenvalue weighted by Gasteiger charge is -2.07. The van der Waals surface area contributed by atoms with Gasteiger partial charge in [0, 0.05) is 17.5 Å². The molecule has 0 amide bonds. The molecule has 0 bridgehead atoms. The van der Waals surface area contributed by atoms with Gasteiger partial charge in [-0.15, -0.1) is 0 Å². The van der Waals surface area contributed by atoms with Gasteiger partial charge in [0.25, 0.3) is 0 Å². The van der Waals surface area contributed by atoms with Crippen LogP contribution in [0.3, 0.4) is 0 Å². The van der Waals surface area contributed by atoms with Crippen LogP contribution < -0.4 is 5.73 Å². The molecule has 2 aromatic heterocycles. The zero-order valence-corrected chi connectivity index (χ0v) is 16.1. The Kier molecular flexibility index (Phi) is 4.96. The smallest absolute Gasteiger partial charge is 0.152 e. The molecular weight excluding hydrogens is 348 g/mol. The molecule has 2 heterocycles. The molecule has 4 aromatic rings. The Morgan fingerprint density at radius 1 is 1.07 bits per heavy atom. The molecule has 140 valence electrons.